The van der Waals surface area contributed by atoms with Gasteiger partial charge in [0.25, 0.3) is 0 Å². The SMILES string of the molecule is CC(C)C1CN(CC2CCNCC2)C(=O)N1C(C)C. The van der Waals surface area contributed by atoms with Gasteiger partial charge in [-0.2, -0.15) is 0 Å². The molecule has 110 valence electrons. The van der Waals surface area contributed by atoms with E-state index in [2.05, 4.69) is 42.8 Å². The van der Waals surface area contributed by atoms with Crippen molar-refractivity contribution in [1.29, 1.82) is 0 Å². The Hall–Kier alpha value is -0.770. The summed E-state index contributed by atoms with van der Waals surface area (Å²) in [4.78, 5) is 16.8. The lowest BCUT2D eigenvalue weighted by Crippen LogP contribution is -2.43. The summed E-state index contributed by atoms with van der Waals surface area (Å²) in [6, 6.07) is 0.944. The molecule has 0 spiro atoms. The third kappa shape index (κ3) is 3.22. The molecule has 1 unspecified atom stereocenters. The average Bonchev–Trinajstić information content (AvgIpc) is 2.68. The molecule has 2 heterocycles. The number of nitrogens with zero attached hydrogens (tertiary/aromatic N) is 2. The maximum absolute atomic E-state index is 12.6. The lowest BCUT2D eigenvalue weighted by molar-refractivity contribution is 0.159. The molecule has 0 bridgehead atoms. The fourth-order valence-corrected chi connectivity index (χ4v) is 3.36. The van der Waals surface area contributed by atoms with Crippen LogP contribution in [0.2, 0.25) is 0 Å². The molecule has 4 heteroatoms. The lowest BCUT2D eigenvalue weighted by atomic mass is 9.97. The third-order valence-corrected chi connectivity index (χ3v) is 4.52. The van der Waals surface area contributed by atoms with Gasteiger partial charge in [0.15, 0.2) is 0 Å². The molecule has 0 saturated carbocycles. The molecule has 2 aliphatic heterocycles. The number of nitrogens with one attached hydrogen (secondary N) is 1. The van der Waals surface area contributed by atoms with Gasteiger partial charge >= 0.3 is 6.03 Å². The zero-order chi connectivity index (χ0) is 14.0. The zero-order valence-electron chi connectivity index (χ0n) is 12.9. The number of hydrogen-bond donors (Lipinski definition) is 1. The van der Waals surface area contributed by atoms with Crippen LogP contribution in [0.5, 0.6) is 0 Å². The molecular formula is C15H29N3O. The molecule has 0 radical (unpaired) electrons. The summed E-state index contributed by atoms with van der Waals surface area (Å²) in [7, 11) is 0. The molecule has 0 aromatic carbocycles. The second kappa shape index (κ2) is 6.12. The highest BCUT2D eigenvalue weighted by Gasteiger charge is 2.40. The number of urea groups is 1. The minimum atomic E-state index is 0.257. The third-order valence-electron chi connectivity index (χ3n) is 4.52. The molecule has 0 aromatic rings. The van der Waals surface area contributed by atoms with Gasteiger partial charge < -0.3 is 15.1 Å². The lowest BCUT2D eigenvalue weighted by Gasteiger charge is -2.29. The Morgan fingerprint density at radius 3 is 2.32 bits per heavy atom. The first-order chi connectivity index (χ1) is 9.00. The predicted molar refractivity (Wildman–Crippen MR) is 78.2 cm³/mol. The molecule has 19 heavy (non-hydrogen) atoms. The normalized spacial score (nSPS) is 26.0. The molecule has 2 rings (SSSR count). The van der Waals surface area contributed by atoms with Crippen molar-refractivity contribution in [3.8, 4) is 0 Å². The highest BCUT2D eigenvalue weighted by atomic mass is 16.2. The van der Waals surface area contributed by atoms with Crippen LogP contribution in [0.3, 0.4) is 0 Å². The van der Waals surface area contributed by atoms with Crippen molar-refractivity contribution in [2.24, 2.45) is 11.8 Å². The van der Waals surface area contributed by atoms with Crippen molar-refractivity contribution in [3.63, 3.8) is 0 Å². The molecule has 2 amide bonds. The molecule has 0 aromatic heterocycles. The summed E-state index contributed by atoms with van der Waals surface area (Å²) >= 11 is 0. The Morgan fingerprint density at radius 2 is 1.84 bits per heavy atom. The van der Waals surface area contributed by atoms with Gasteiger partial charge in [-0.3, -0.25) is 0 Å². The fraction of sp³-hybridized carbons (Fsp3) is 0.933. The van der Waals surface area contributed by atoms with E-state index in [1.54, 1.807) is 0 Å². The molecule has 0 aliphatic carbocycles. The monoisotopic (exact) mass is 267 g/mol. The van der Waals surface area contributed by atoms with Crippen molar-refractivity contribution < 1.29 is 4.79 Å². The molecule has 2 fully saturated rings. The van der Waals surface area contributed by atoms with Crippen LogP contribution >= 0.6 is 0 Å². The summed E-state index contributed by atoms with van der Waals surface area (Å²) in [6.07, 6.45) is 2.41. The minimum absolute atomic E-state index is 0.257. The Balaban J connectivity index is 2.00. The Morgan fingerprint density at radius 1 is 1.21 bits per heavy atom. The number of carbonyl (C=O) groups excluding carboxylic acids is 1. The van der Waals surface area contributed by atoms with Crippen molar-refractivity contribution in [2.45, 2.75) is 52.6 Å². The highest BCUT2D eigenvalue weighted by molar-refractivity contribution is 5.77. The van der Waals surface area contributed by atoms with Gasteiger partial charge in [0.05, 0.1) is 6.04 Å². The molecule has 1 N–H and O–H groups in total. The van der Waals surface area contributed by atoms with Crippen molar-refractivity contribution in [2.75, 3.05) is 26.2 Å². The molecule has 2 saturated heterocycles. The molecule has 2 aliphatic rings. The first-order valence-electron chi connectivity index (χ1n) is 7.78. The van der Waals surface area contributed by atoms with Crippen LogP contribution in [-0.2, 0) is 0 Å². The molecular weight excluding hydrogens is 238 g/mol. The van der Waals surface area contributed by atoms with E-state index in [-0.39, 0.29) is 6.03 Å². The molecule has 4 nitrogen and oxygen atoms in total. The first kappa shape index (κ1) is 14.6. The van der Waals surface area contributed by atoms with Crippen LogP contribution in [0, 0.1) is 11.8 Å². The Kier molecular flexibility index (Phi) is 4.71. The van der Waals surface area contributed by atoms with E-state index >= 15 is 0 Å². The van der Waals surface area contributed by atoms with Gasteiger partial charge in [0, 0.05) is 19.1 Å². The van der Waals surface area contributed by atoms with Crippen LogP contribution in [0.15, 0.2) is 0 Å². The number of amides is 2. The van der Waals surface area contributed by atoms with Crippen molar-refractivity contribution in [3.05, 3.63) is 0 Å². The zero-order valence-corrected chi connectivity index (χ0v) is 12.9. The van der Waals surface area contributed by atoms with Crippen molar-refractivity contribution >= 4 is 6.03 Å². The summed E-state index contributed by atoms with van der Waals surface area (Å²) in [6.45, 7) is 12.8. The van der Waals surface area contributed by atoms with Gasteiger partial charge in [-0.25, -0.2) is 4.79 Å². The van der Waals surface area contributed by atoms with Gasteiger partial charge in [-0.15, -0.1) is 0 Å². The summed E-state index contributed by atoms with van der Waals surface area (Å²) in [5.41, 5.74) is 0. The number of piperidine rings is 1. The second-order valence-corrected chi connectivity index (χ2v) is 6.69. The predicted octanol–water partition coefficient (Wildman–Crippen LogP) is 2.16. The smallest absolute Gasteiger partial charge is 0.320 e. The first-order valence-corrected chi connectivity index (χ1v) is 7.78. The number of carbonyl (C=O) groups is 1. The Labute approximate surface area is 117 Å². The van der Waals surface area contributed by atoms with Crippen LogP contribution in [-0.4, -0.2) is 54.1 Å². The summed E-state index contributed by atoms with van der Waals surface area (Å²) in [5, 5.41) is 3.39. The fourth-order valence-electron chi connectivity index (χ4n) is 3.36. The van der Waals surface area contributed by atoms with E-state index in [0.717, 1.165) is 26.2 Å². The minimum Gasteiger partial charge on any atom is -0.322 e. The van der Waals surface area contributed by atoms with Gasteiger partial charge in [-0.05, 0) is 51.6 Å². The highest BCUT2D eigenvalue weighted by Crippen LogP contribution is 2.26. The van der Waals surface area contributed by atoms with Crippen LogP contribution in [0.1, 0.15) is 40.5 Å². The van der Waals surface area contributed by atoms with E-state index in [1.165, 1.54) is 12.8 Å². The van der Waals surface area contributed by atoms with E-state index < -0.39 is 0 Å². The van der Waals surface area contributed by atoms with E-state index in [9.17, 15) is 4.79 Å². The van der Waals surface area contributed by atoms with Gasteiger partial charge in [0.1, 0.15) is 0 Å². The maximum atomic E-state index is 12.6. The number of hydrogen-bond acceptors (Lipinski definition) is 2. The summed E-state index contributed by atoms with van der Waals surface area (Å²) < 4.78 is 0. The van der Waals surface area contributed by atoms with Crippen LogP contribution in [0.25, 0.3) is 0 Å². The standard InChI is InChI=1S/C15H29N3O/c1-11(2)14-10-17(15(19)18(14)12(3)4)9-13-5-7-16-8-6-13/h11-14,16H,5-10H2,1-4H3. The van der Waals surface area contributed by atoms with Crippen molar-refractivity contribution in [1.82, 2.24) is 15.1 Å². The average molecular weight is 267 g/mol. The number of rotatable bonds is 4. The Bertz CT molecular complexity index is 311. The van der Waals surface area contributed by atoms with Gasteiger partial charge in [0.2, 0.25) is 0 Å². The second-order valence-electron chi connectivity index (χ2n) is 6.69. The van der Waals surface area contributed by atoms with Gasteiger partial charge in [-0.1, -0.05) is 13.8 Å². The quantitative estimate of drug-likeness (QED) is 0.847. The van der Waals surface area contributed by atoms with E-state index in [1.807, 2.05) is 0 Å². The maximum Gasteiger partial charge on any atom is 0.320 e. The van der Waals surface area contributed by atoms with E-state index in [0.29, 0.717) is 23.9 Å². The molecule has 1 atom stereocenters. The van der Waals surface area contributed by atoms with Crippen LogP contribution in [0.4, 0.5) is 4.79 Å². The topological polar surface area (TPSA) is 35.6 Å². The summed E-state index contributed by atoms with van der Waals surface area (Å²) in [5.74, 6) is 1.22. The van der Waals surface area contributed by atoms with E-state index in [4.69, 9.17) is 0 Å². The van der Waals surface area contributed by atoms with Crippen LogP contribution < -0.4 is 5.32 Å². The largest absolute Gasteiger partial charge is 0.322 e.